The van der Waals surface area contributed by atoms with E-state index in [0.29, 0.717) is 23.7 Å². The summed E-state index contributed by atoms with van der Waals surface area (Å²) in [5.41, 5.74) is 0. The van der Waals surface area contributed by atoms with Gasteiger partial charge in [-0.25, -0.2) is 9.97 Å². The summed E-state index contributed by atoms with van der Waals surface area (Å²) >= 11 is 5.69. The van der Waals surface area contributed by atoms with Crippen molar-refractivity contribution in [3.8, 4) is 6.01 Å². The van der Waals surface area contributed by atoms with Gasteiger partial charge in [-0.3, -0.25) is 0 Å². The highest BCUT2D eigenvalue weighted by Gasteiger charge is 2.19. The molecular weight excluding hydrogens is 226 g/mol. The molecule has 1 fully saturated rings. The fourth-order valence-corrected chi connectivity index (χ4v) is 2.00. The number of halogens is 1. The van der Waals surface area contributed by atoms with Gasteiger partial charge in [0, 0.05) is 6.04 Å². The van der Waals surface area contributed by atoms with Crippen LogP contribution in [0.2, 0.25) is 5.02 Å². The van der Waals surface area contributed by atoms with Gasteiger partial charge < -0.3 is 9.64 Å². The molecule has 0 bridgehead atoms. The van der Waals surface area contributed by atoms with Gasteiger partial charge in [-0.1, -0.05) is 18.0 Å². The molecule has 1 aliphatic rings. The van der Waals surface area contributed by atoms with Crippen molar-refractivity contribution in [2.24, 2.45) is 0 Å². The van der Waals surface area contributed by atoms with Crippen LogP contribution in [0, 0.1) is 0 Å². The number of nitrogens with zero attached hydrogens (tertiary/aromatic N) is 3. The molecule has 5 heteroatoms. The highest BCUT2D eigenvalue weighted by Crippen LogP contribution is 2.16. The number of piperidine rings is 1. The van der Waals surface area contributed by atoms with Crippen LogP contribution in [0.4, 0.5) is 0 Å². The topological polar surface area (TPSA) is 38.2 Å². The van der Waals surface area contributed by atoms with Crippen molar-refractivity contribution in [2.45, 2.75) is 25.3 Å². The van der Waals surface area contributed by atoms with Crippen LogP contribution in [0.5, 0.6) is 6.01 Å². The number of aromatic nitrogens is 2. The fourth-order valence-electron chi connectivity index (χ4n) is 1.90. The van der Waals surface area contributed by atoms with Gasteiger partial charge in [-0.15, -0.1) is 0 Å². The summed E-state index contributed by atoms with van der Waals surface area (Å²) in [6, 6.07) is 0.886. The van der Waals surface area contributed by atoms with Gasteiger partial charge in [0.15, 0.2) is 0 Å². The molecule has 0 N–H and O–H groups in total. The highest BCUT2D eigenvalue weighted by molar-refractivity contribution is 6.30. The highest BCUT2D eigenvalue weighted by atomic mass is 35.5. The number of ether oxygens (including phenoxy) is 1. The predicted molar refractivity (Wildman–Crippen MR) is 62.8 cm³/mol. The molecule has 1 aromatic heterocycles. The summed E-state index contributed by atoms with van der Waals surface area (Å²) < 4.78 is 5.55. The zero-order valence-electron chi connectivity index (χ0n) is 9.40. The van der Waals surface area contributed by atoms with Crippen LogP contribution in [0.25, 0.3) is 0 Å². The van der Waals surface area contributed by atoms with Crippen LogP contribution in [0.1, 0.15) is 19.3 Å². The van der Waals surface area contributed by atoms with Gasteiger partial charge in [-0.2, -0.15) is 0 Å². The Morgan fingerprint density at radius 1 is 1.44 bits per heavy atom. The second kappa shape index (κ2) is 5.46. The molecule has 1 unspecified atom stereocenters. The second-order valence-corrected chi connectivity index (χ2v) is 4.56. The molecule has 2 rings (SSSR count). The third-order valence-corrected chi connectivity index (χ3v) is 3.12. The van der Waals surface area contributed by atoms with Crippen molar-refractivity contribution < 1.29 is 4.74 Å². The van der Waals surface area contributed by atoms with Crippen LogP contribution in [0.15, 0.2) is 12.4 Å². The van der Waals surface area contributed by atoms with Gasteiger partial charge >= 0.3 is 6.01 Å². The molecule has 0 aliphatic carbocycles. The molecule has 1 aliphatic heterocycles. The Morgan fingerprint density at radius 2 is 2.19 bits per heavy atom. The number of likely N-dealkylation sites (tertiary alicyclic amines) is 1. The number of hydrogen-bond acceptors (Lipinski definition) is 4. The normalized spacial score (nSPS) is 22.0. The standard InChI is InChI=1S/C11H16ClN3O/c1-15-5-3-2-4-10(15)8-16-11-13-6-9(12)7-14-11/h6-7,10H,2-5,8H2,1H3. The lowest BCUT2D eigenvalue weighted by atomic mass is 10.0. The minimum atomic E-state index is 0.406. The van der Waals surface area contributed by atoms with Gasteiger partial charge in [0.05, 0.1) is 17.4 Å². The van der Waals surface area contributed by atoms with E-state index in [4.69, 9.17) is 16.3 Å². The Balaban J connectivity index is 1.84. The quantitative estimate of drug-likeness (QED) is 0.811. The summed E-state index contributed by atoms with van der Waals surface area (Å²) in [5, 5.41) is 0.530. The lowest BCUT2D eigenvalue weighted by Gasteiger charge is -2.31. The van der Waals surface area contributed by atoms with Gasteiger partial charge in [-0.05, 0) is 26.4 Å². The second-order valence-electron chi connectivity index (χ2n) is 4.13. The Bertz CT molecular complexity index is 331. The largest absolute Gasteiger partial charge is 0.462 e. The van der Waals surface area contributed by atoms with Crippen molar-refractivity contribution in [2.75, 3.05) is 20.2 Å². The van der Waals surface area contributed by atoms with Gasteiger partial charge in [0.1, 0.15) is 6.61 Å². The SMILES string of the molecule is CN1CCCCC1COc1ncc(Cl)cn1. The maximum Gasteiger partial charge on any atom is 0.316 e. The third-order valence-electron chi connectivity index (χ3n) is 2.92. The number of hydrogen-bond donors (Lipinski definition) is 0. The lowest BCUT2D eigenvalue weighted by Crippen LogP contribution is -2.40. The van der Waals surface area contributed by atoms with E-state index in [-0.39, 0.29) is 0 Å². The predicted octanol–water partition coefficient (Wildman–Crippen LogP) is 1.99. The number of likely N-dealkylation sites (N-methyl/N-ethyl adjacent to an activating group) is 1. The molecule has 1 saturated heterocycles. The first-order valence-corrected chi connectivity index (χ1v) is 5.94. The molecule has 1 aromatic rings. The van der Waals surface area contributed by atoms with E-state index >= 15 is 0 Å². The Labute approximate surface area is 101 Å². The van der Waals surface area contributed by atoms with Crippen LogP contribution in [0.3, 0.4) is 0 Å². The summed E-state index contributed by atoms with van der Waals surface area (Å²) in [6.07, 6.45) is 6.84. The van der Waals surface area contributed by atoms with E-state index in [2.05, 4.69) is 21.9 Å². The van der Waals surface area contributed by atoms with Gasteiger partial charge in [0.25, 0.3) is 0 Å². The molecular formula is C11H16ClN3O. The summed E-state index contributed by atoms with van der Waals surface area (Å²) in [7, 11) is 2.13. The summed E-state index contributed by atoms with van der Waals surface area (Å²) in [5.74, 6) is 0. The van der Waals surface area contributed by atoms with E-state index < -0.39 is 0 Å². The van der Waals surface area contributed by atoms with E-state index in [1.54, 1.807) is 12.4 Å². The zero-order valence-corrected chi connectivity index (χ0v) is 10.2. The maximum atomic E-state index is 5.69. The van der Waals surface area contributed by atoms with Crippen molar-refractivity contribution in [3.05, 3.63) is 17.4 Å². The van der Waals surface area contributed by atoms with Crippen molar-refractivity contribution in [3.63, 3.8) is 0 Å². The first-order valence-electron chi connectivity index (χ1n) is 5.56. The molecule has 0 spiro atoms. The van der Waals surface area contributed by atoms with Crippen molar-refractivity contribution in [1.29, 1.82) is 0 Å². The van der Waals surface area contributed by atoms with Gasteiger partial charge in [0.2, 0.25) is 0 Å². The Morgan fingerprint density at radius 3 is 2.88 bits per heavy atom. The fraction of sp³-hybridized carbons (Fsp3) is 0.636. The van der Waals surface area contributed by atoms with Crippen LogP contribution >= 0.6 is 11.6 Å². The average Bonchev–Trinajstić information content (AvgIpc) is 2.30. The molecule has 2 heterocycles. The Kier molecular flexibility index (Phi) is 3.96. The minimum Gasteiger partial charge on any atom is -0.462 e. The van der Waals surface area contributed by atoms with Crippen LogP contribution < -0.4 is 4.74 Å². The maximum absolute atomic E-state index is 5.69. The third kappa shape index (κ3) is 3.06. The van der Waals surface area contributed by atoms with Crippen LogP contribution in [-0.4, -0.2) is 41.1 Å². The molecule has 0 radical (unpaired) electrons. The van der Waals surface area contributed by atoms with E-state index in [1.807, 2.05) is 0 Å². The summed E-state index contributed by atoms with van der Waals surface area (Å²) in [6.45, 7) is 1.80. The van der Waals surface area contributed by atoms with E-state index in [1.165, 1.54) is 19.3 Å². The molecule has 0 aromatic carbocycles. The van der Waals surface area contributed by atoms with Crippen LogP contribution in [-0.2, 0) is 0 Å². The molecule has 4 nitrogen and oxygen atoms in total. The first-order chi connectivity index (χ1) is 7.75. The van der Waals surface area contributed by atoms with Crippen molar-refractivity contribution in [1.82, 2.24) is 14.9 Å². The number of rotatable bonds is 3. The smallest absolute Gasteiger partial charge is 0.316 e. The van der Waals surface area contributed by atoms with Crippen molar-refractivity contribution >= 4 is 11.6 Å². The van der Waals surface area contributed by atoms with E-state index in [0.717, 1.165) is 6.54 Å². The first kappa shape index (κ1) is 11.6. The monoisotopic (exact) mass is 241 g/mol. The minimum absolute atomic E-state index is 0.406. The molecule has 0 saturated carbocycles. The summed E-state index contributed by atoms with van der Waals surface area (Å²) in [4.78, 5) is 10.3. The molecule has 88 valence electrons. The lowest BCUT2D eigenvalue weighted by molar-refractivity contribution is 0.120. The molecule has 0 amide bonds. The average molecular weight is 242 g/mol. The molecule has 16 heavy (non-hydrogen) atoms. The van der Waals surface area contributed by atoms with E-state index in [9.17, 15) is 0 Å². The zero-order chi connectivity index (χ0) is 11.4. The Hall–Kier alpha value is -0.870. The molecule has 1 atom stereocenters.